The van der Waals surface area contributed by atoms with Crippen molar-refractivity contribution in [3.8, 4) is 5.75 Å². The van der Waals surface area contributed by atoms with Crippen molar-refractivity contribution >= 4 is 82.0 Å². The summed E-state index contributed by atoms with van der Waals surface area (Å²) >= 11 is 1.89. The average Bonchev–Trinajstić information content (AvgIpc) is 3.35. The topological polar surface area (TPSA) is 379 Å². The number of carbonyl (C=O) groups excluding carboxylic acids is 5. The van der Waals surface area contributed by atoms with Gasteiger partial charge in [0.25, 0.3) is 0 Å². The minimum atomic E-state index is -1.40. The molecule has 0 aromatic heterocycles. The van der Waals surface area contributed by atoms with Gasteiger partial charge in [-0.15, -0.1) is 0 Å². The van der Waals surface area contributed by atoms with Crippen molar-refractivity contribution in [1.82, 2.24) is 40.9 Å². The molecule has 2 aromatic rings. The van der Waals surface area contributed by atoms with Crippen molar-refractivity contribution in [2.24, 2.45) is 5.73 Å². The highest BCUT2D eigenvalue weighted by Crippen LogP contribution is 2.21. The first-order chi connectivity index (χ1) is 36.6. The van der Waals surface area contributed by atoms with Crippen LogP contribution in [0.1, 0.15) is 81.8 Å². The molecule has 0 aliphatic carbocycles. The Morgan fingerprint density at radius 3 is 1.55 bits per heavy atom. The molecule has 1 aliphatic rings. The van der Waals surface area contributed by atoms with Crippen molar-refractivity contribution in [3.63, 3.8) is 0 Å². The maximum Gasteiger partial charge on any atom is 0.326 e. The summed E-state index contributed by atoms with van der Waals surface area (Å²) in [6, 6.07) is 7.58. The Kier molecular flexibility index (Phi) is 29.5. The standard InChI is InChI=1S/C51H74IN9O16/c52-36-28-35(15-17-41(36)62)30-38(55-44(65)18-16-40(51(76)77)61-26-24-59(32-46(68)69)22-20-58(31-45(66)67)21-23-60(25-27-61)33-47(70)71)48(72)57-39(29-34-10-4-3-5-11-34)49(73)56-37(50(74)75)12-8-9-19-54-43(64)14-7-2-1-6-13-42(53)63/h3-5,10-11,15,17,28,37-40,62H,1-2,6-9,12-14,16,18-27,29-33H2,(H2,53,63)(H,54,64)(H,55,65)(H,56,73)(H,57,72)(H,66,67)(H,68,69)(H,70,71)(H,74,75)(H,76,77)/t37-,38-,39-,40?/m1/s1. The van der Waals surface area contributed by atoms with E-state index >= 15 is 0 Å². The molecule has 0 spiro atoms. The monoisotopic (exact) mass is 1200 g/mol. The highest BCUT2D eigenvalue weighted by Gasteiger charge is 2.32. The number of carboxylic acids is 5. The van der Waals surface area contributed by atoms with Gasteiger partial charge in [-0.1, -0.05) is 49.2 Å². The molecule has 1 heterocycles. The van der Waals surface area contributed by atoms with E-state index in [1.54, 1.807) is 41.3 Å². The predicted molar refractivity (Wildman–Crippen MR) is 286 cm³/mol. The minimum absolute atomic E-state index is 0.00966. The number of nitrogens with zero attached hydrogens (tertiary/aromatic N) is 4. The average molecular weight is 1200 g/mol. The Labute approximate surface area is 460 Å². The van der Waals surface area contributed by atoms with Crippen LogP contribution < -0.4 is 27.0 Å². The number of phenolic OH excluding ortho intramolecular Hbond substituents is 1. The molecular weight excluding hydrogens is 1120 g/mol. The number of hydrogen-bond acceptors (Lipinski definition) is 15. The second kappa shape index (κ2) is 35.0. The van der Waals surface area contributed by atoms with Gasteiger partial charge >= 0.3 is 29.8 Å². The van der Waals surface area contributed by atoms with E-state index in [-0.39, 0.29) is 109 Å². The van der Waals surface area contributed by atoms with Crippen LogP contribution in [0.4, 0.5) is 0 Å². The van der Waals surface area contributed by atoms with Crippen LogP contribution in [0.3, 0.4) is 0 Å². The van der Waals surface area contributed by atoms with Gasteiger partial charge in [0.2, 0.25) is 29.5 Å². The van der Waals surface area contributed by atoms with E-state index in [1.165, 1.54) is 26.8 Å². The maximum absolute atomic E-state index is 14.4. The summed E-state index contributed by atoms with van der Waals surface area (Å²) in [6.07, 6.45) is 3.07. The second-order valence-electron chi connectivity index (χ2n) is 18.9. The lowest BCUT2D eigenvalue weighted by Crippen LogP contribution is -2.57. The van der Waals surface area contributed by atoms with Gasteiger partial charge in [-0.25, -0.2) is 4.79 Å². The number of nitrogens with two attached hydrogens (primary N) is 1. The molecule has 26 heteroatoms. The summed E-state index contributed by atoms with van der Waals surface area (Å²) in [5.41, 5.74) is 6.25. The zero-order valence-electron chi connectivity index (χ0n) is 43.1. The maximum atomic E-state index is 14.4. The quantitative estimate of drug-likeness (QED) is 0.0334. The fourth-order valence-electron chi connectivity index (χ4n) is 8.62. The molecule has 1 aliphatic heterocycles. The van der Waals surface area contributed by atoms with E-state index in [1.807, 2.05) is 22.6 Å². The Morgan fingerprint density at radius 1 is 0.532 bits per heavy atom. The molecule has 1 saturated heterocycles. The molecular formula is C51H74IN9O16. The van der Waals surface area contributed by atoms with Gasteiger partial charge in [0.15, 0.2) is 0 Å². The summed E-state index contributed by atoms with van der Waals surface area (Å²) in [5, 5.41) is 70.4. The molecule has 12 N–H and O–H groups in total. The first-order valence-electron chi connectivity index (χ1n) is 25.6. The molecule has 2 aromatic carbocycles. The number of nitrogens with one attached hydrogen (secondary N) is 4. The number of hydrogen-bond donors (Lipinski definition) is 11. The third kappa shape index (κ3) is 26.9. The van der Waals surface area contributed by atoms with Crippen LogP contribution in [0, 0.1) is 3.57 Å². The third-order valence-corrected chi connectivity index (χ3v) is 13.6. The molecule has 426 valence electrons. The molecule has 25 nitrogen and oxygen atoms in total. The lowest BCUT2D eigenvalue weighted by Gasteiger charge is -2.35. The Balaban J connectivity index is 1.80. The smallest absolute Gasteiger partial charge is 0.326 e. The van der Waals surface area contributed by atoms with E-state index < -0.39 is 91.2 Å². The van der Waals surface area contributed by atoms with Crippen LogP contribution in [0.25, 0.3) is 0 Å². The van der Waals surface area contributed by atoms with Gasteiger partial charge in [0.1, 0.15) is 29.9 Å². The summed E-state index contributed by atoms with van der Waals surface area (Å²) in [7, 11) is 0. The van der Waals surface area contributed by atoms with Gasteiger partial charge in [0.05, 0.1) is 23.2 Å². The molecule has 4 atom stereocenters. The van der Waals surface area contributed by atoms with Crippen molar-refractivity contribution in [2.45, 2.75) is 108 Å². The van der Waals surface area contributed by atoms with Crippen LogP contribution in [-0.4, -0.2) is 212 Å². The van der Waals surface area contributed by atoms with Crippen LogP contribution >= 0.6 is 22.6 Å². The van der Waals surface area contributed by atoms with Crippen molar-refractivity contribution in [1.29, 1.82) is 0 Å². The summed E-state index contributed by atoms with van der Waals surface area (Å²) in [4.78, 5) is 132. The van der Waals surface area contributed by atoms with Gasteiger partial charge in [0, 0.05) is 91.0 Å². The van der Waals surface area contributed by atoms with Gasteiger partial charge < -0.3 is 57.6 Å². The van der Waals surface area contributed by atoms with Gasteiger partial charge in [-0.05, 0) is 84.4 Å². The number of primary amides is 1. The Morgan fingerprint density at radius 2 is 1.04 bits per heavy atom. The van der Waals surface area contributed by atoms with E-state index in [4.69, 9.17) is 5.73 Å². The summed E-state index contributed by atoms with van der Waals surface area (Å²) in [6.45, 7) is -0.583. The molecule has 3 rings (SSSR count). The molecule has 77 heavy (non-hydrogen) atoms. The largest absolute Gasteiger partial charge is 0.507 e. The molecule has 0 radical (unpaired) electrons. The number of carboxylic acid groups (broad SMARTS) is 5. The fourth-order valence-corrected chi connectivity index (χ4v) is 9.20. The second-order valence-corrected chi connectivity index (χ2v) is 20.1. The molecule has 1 fully saturated rings. The fraction of sp³-hybridized carbons (Fsp3) is 0.569. The van der Waals surface area contributed by atoms with E-state index in [9.17, 15) is 78.6 Å². The number of aromatic hydroxyl groups is 1. The zero-order valence-corrected chi connectivity index (χ0v) is 45.3. The zero-order chi connectivity index (χ0) is 56.9. The van der Waals surface area contributed by atoms with E-state index in [0.29, 0.717) is 53.2 Å². The van der Waals surface area contributed by atoms with Crippen LogP contribution in [0.15, 0.2) is 48.5 Å². The van der Waals surface area contributed by atoms with Gasteiger partial charge in [-0.2, -0.15) is 0 Å². The third-order valence-electron chi connectivity index (χ3n) is 12.8. The number of rotatable bonds is 33. The van der Waals surface area contributed by atoms with E-state index in [2.05, 4.69) is 21.3 Å². The first-order valence-corrected chi connectivity index (χ1v) is 26.7. The highest BCUT2D eigenvalue weighted by atomic mass is 127. The molecule has 0 saturated carbocycles. The SMILES string of the molecule is NC(=O)CCCCCCC(=O)NCCCC[C@@H](NC(=O)[C@@H](Cc1ccccc1)NC(=O)[C@@H](Cc1ccc(O)c(I)c1)NC(=O)CCC(C(=O)O)N1CCN(CC(=O)O)CCN(CC(=O)O)CCN(CC(=O)O)CC1)C(=O)O. The minimum Gasteiger partial charge on any atom is -0.507 e. The Hall–Kier alpha value is -6.49. The van der Waals surface area contributed by atoms with Crippen LogP contribution in [0.2, 0.25) is 0 Å². The van der Waals surface area contributed by atoms with Gasteiger partial charge in [-0.3, -0.25) is 62.8 Å². The molecule has 0 bridgehead atoms. The number of unbranched alkanes of at least 4 members (excludes halogenated alkanes) is 4. The van der Waals surface area contributed by atoms with Crippen molar-refractivity contribution in [2.75, 3.05) is 78.5 Å². The molecule has 5 amide bonds. The number of benzene rings is 2. The van der Waals surface area contributed by atoms with Crippen LogP contribution in [-0.2, 0) is 60.8 Å². The number of phenols is 1. The predicted octanol–water partition coefficient (Wildman–Crippen LogP) is 0.142. The Bertz CT molecular complexity index is 2260. The number of amides is 5. The van der Waals surface area contributed by atoms with Crippen LogP contribution in [0.5, 0.6) is 5.75 Å². The highest BCUT2D eigenvalue weighted by molar-refractivity contribution is 14.1. The van der Waals surface area contributed by atoms with E-state index in [0.717, 1.165) is 12.8 Å². The number of carbonyl (C=O) groups is 10. The number of halogens is 1. The van der Waals surface area contributed by atoms with Crippen molar-refractivity contribution in [3.05, 3.63) is 63.2 Å². The normalized spacial score (nSPS) is 15.8. The molecule has 1 unspecified atom stereocenters. The van der Waals surface area contributed by atoms with Crippen molar-refractivity contribution < 1.29 is 78.6 Å². The lowest BCUT2D eigenvalue weighted by molar-refractivity contribution is -0.145. The lowest BCUT2D eigenvalue weighted by atomic mass is 10.0. The number of aliphatic carboxylic acids is 5. The summed E-state index contributed by atoms with van der Waals surface area (Å²) < 4.78 is 0.427. The summed E-state index contributed by atoms with van der Waals surface area (Å²) in [5.74, 6) is -9.16. The first kappa shape index (κ1) is 64.8.